The Kier molecular flexibility index (Phi) is 8.39. The second-order valence-corrected chi connectivity index (χ2v) is 10.5. The van der Waals surface area contributed by atoms with E-state index in [9.17, 15) is 14.7 Å². The first-order valence-electron chi connectivity index (χ1n) is 13.7. The van der Waals surface area contributed by atoms with Crippen LogP contribution in [0.5, 0.6) is 11.6 Å². The molecule has 5 rings (SSSR count). The fourth-order valence-electron chi connectivity index (χ4n) is 5.42. The predicted molar refractivity (Wildman–Crippen MR) is 148 cm³/mol. The van der Waals surface area contributed by atoms with Crippen LogP contribution in [-0.4, -0.2) is 53.6 Å². The molecular weight excluding hydrogens is 494 g/mol. The second-order valence-electron chi connectivity index (χ2n) is 10.5. The highest BCUT2D eigenvalue weighted by Gasteiger charge is 2.34. The van der Waals surface area contributed by atoms with Gasteiger partial charge in [0.25, 0.3) is 0 Å². The van der Waals surface area contributed by atoms with Crippen LogP contribution < -0.4 is 14.4 Å². The van der Waals surface area contributed by atoms with Crippen molar-refractivity contribution in [1.29, 1.82) is 0 Å². The number of methoxy groups -OCH3 is 1. The molecular formula is C31H35N3O5. The Morgan fingerprint density at radius 3 is 2.54 bits per heavy atom. The van der Waals surface area contributed by atoms with E-state index < -0.39 is 5.97 Å². The number of carbonyl (C=O) groups is 2. The van der Waals surface area contributed by atoms with Crippen molar-refractivity contribution >= 4 is 17.4 Å². The number of carbonyl (C=O) groups excluding carboxylic acids is 1. The maximum atomic E-state index is 13.2. The number of aromatic nitrogens is 2. The van der Waals surface area contributed by atoms with Crippen molar-refractivity contribution in [3.63, 3.8) is 0 Å². The van der Waals surface area contributed by atoms with Crippen LogP contribution in [0.25, 0.3) is 0 Å². The Labute approximate surface area is 229 Å². The maximum Gasteiger partial charge on any atom is 0.303 e. The average molecular weight is 530 g/mol. The first-order chi connectivity index (χ1) is 19.0. The number of nitrogens with zero attached hydrogens (tertiary/aromatic N) is 3. The van der Waals surface area contributed by atoms with Crippen LogP contribution in [0.4, 0.5) is 5.69 Å². The van der Waals surface area contributed by atoms with Crippen molar-refractivity contribution in [3.05, 3.63) is 77.7 Å². The van der Waals surface area contributed by atoms with E-state index >= 15 is 0 Å². The van der Waals surface area contributed by atoms with Gasteiger partial charge in [-0.2, -0.15) is 0 Å². The van der Waals surface area contributed by atoms with Gasteiger partial charge in [0.05, 0.1) is 32.2 Å². The number of ether oxygens (including phenoxy) is 2. The number of anilines is 1. The van der Waals surface area contributed by atoms with E-state index in [4.69, 9.17) is 9.47 Å². The Morgan fingerprint density at radius 2 is 1.85 bits per heavy atom. The fourth-order valence-corrected chi connectivity index (χ4v) is 5.42. The molecule has 3 heterocycles. The molecule has 1 aliphatic carbocycles. The number of carboxylic acids is 1. The van der Waals surface area contributed by atoms with E-state index in [2.05, 4.69) is 14.9 Å². The summed E-state index contributed by atoms with van der Waals surface area (Å²) in [5.41, 5.74) is 3.34. The van der Waals surface area contributed by atoms with Gasteiger partial charge in [0, 0.05) is 48.9 Å². The SMILES string of the molecule is COc1ccc(C(=O)Cc2ccccn2)c(N2CCC(COc3cc(C(CC(=O)O)C4CC4)ccn3)CC2)c1. The summed E-state index contributed by atoms with van der Waals surface area (Å²) in [4.78, 5) is 35.5. The zero-order valence-corrected chi connectivity index (χ0v) is 22.3. The minimum absolute atomic E-state index is 0.0218. The summed E-state index contributed by atoms with van der Waals surface area (Å²) in [6.45, 7) is 2.17. The summed E-state index contributed by atoms with van der Waals surface area (Å²) in [6.07, 6.45) is 7.84. The van der Waals surface area contributed by atoms with Gasteiger partial charge in [-0.15, -0.1) is 0 Å². The van der Waals surface area contributed by atoms with Crippen molar-refractivity contribution in [2.75, 3.05) is 31.7 Å². The van der Waals surface area contributed by atoms with Gasteiger partial charge in [0.15, 0.2) is 5.78 Å². The molecule has 1 atom stereocenters. The third-order valence-electron chi connectivity index (χ3n) is 7.77. The van der Waals surface area contributed by atoms with Crippen molar-refractivity contribution < 1.29 is 24.2 Å². The first kappa shape index (κ1) is 26.7. The van der Waals surface area contributed by atoms with E-state index in [1.54, 1.807) is 19.5 Å². The van der Waals surface area contributed by atoms with E-state index in [1.165, 1.54) is 0 Å². The van der Waals surface area contributed by atoms with E-state index in [0.717, 1.165) is 61.5 Å². The minimum Gasteiger partial charge on any atom is -0.497 e. The van der Waals surface area contributed by atoms with Crippen LogP contribution in [-0.2, 0) is 11.2 Å². The first-order valence-corrected chi connectivity index (χ1v) is 13.7. The lowest BCUT2D eigenvalue weighted by molar-refractivity contribution is -0.137. The third-order valence-corrected chi connectivity index (χ3v) is 7.77. The van der Waals surface area contributed by atoms with Gasteiger partial charge < -0.3 is 19.5 Å². The molecule has 2 aliphatic rings. The van der Waals surface area contributed by atoms with Crippen molar-refractivity contribution in [1.82, 2.24) is 9.97 Å². The van der Waals surface area contributed by atoms with Crippen LogP contribution in [0, 0.1) is 11.8 Å². The number of piperidine rings is 1. The van der Waals surface area contributed by atoms with Gasteiger partial charge in [0.2, 0.25) is 5.88 Å². The summed E-state index contributed by atoms with van der Waals surface area (Å²) >= 11 is 0. The molecule has 0 amide bonds. The van der Waals surface area contributed by atoms with E-state index in [0.29, 0.717) is 29.9 Å². The summed E-state index contributed by atoms with van der Waals surface area (Å²) < 4.78 is 11.6. The topological polar surface area (TPSA) is 102 Å². The predicted octanol–water partition coefficient (Wildman–Crippen LogP) is 5.17. The molecule has 8 nitrogen and oxygen atoms in total. The molecule has 0 spiro atoms. The molecule has 1 saturated heterocycles. The fraction of sp³-hybridized carbons (Fsp3) is 0.419. The van der Waals surface area contributed by atoms with Gasteiger partial charge >= 0.3 is 5.97 Å². The Bertz CT molecular complexity index is 1290. The van der Waals surface area contributed by atoms with Crippen LogP contribution in [0.15, 0.2) is 60.9 Å². The Hall–Kier alpha value is -3.94. The zero-order chi connectivity index (χ0) is 27.2. The summed E-state index contributed by atoms with van der Waals surface area (Å²) in [6, 6.07) is 15.1. The van der Waals surface area contributed by atoms with Gasteiger partial charge in [0.1, 0.15) is 5.75 Å². The van der Waals surface area contributed by atoms with Crippen LogP contribution in [0.1, 0.15) is 59.6 Å². The summed E-state index contributed by atoms with van der Waals surface area (Å²) in [5, 5.41) is 9.33. The monoisotopic (exact) mass is 529 g/mol. The normalized spacial score (nSPS) is 16.5. The van der Waals surface area contributed by atoms with Crippen molar-refractivity contribution in [3.8, 4) is 11.6 Å². The second kappa shape index (κ2) is 12.3. The lowest BCUT2D eigenvalue weighted by Gasteiger charge is -2.34. The highest BCUT2D eigenvalue weighted by molar-refractivity contribution is 6.02. The zero-order valence-electron chi connectivity index (χ0n) is 22.3. The number of Topliss-reactive ketones (excluding diaryl/α,β-unsaturated/α-hetero) is 1. The number of rotatable bonds is 12. The lowest BCUT2D eigenvalue weighted by Crippen LogP contribution is -2.36. The van der Waals surface area contributed by atoms with Gasteiger partial charge in [-0.1, -0.05) is 6.07 Å². The molecule has 2 aromatic heterocycles. The quantitative estimate of drug-likeness (QED) is 0.321. The lowest BCUT2D eigenvalue weighted by atomic mass is 9.92. The largest absolute Gasteiger partial charge is 0.497 e. The van der Waals surface area contributed by atoms with Crippen LogP contribution in [0.2, 0.25) is 0 Å². The maximum absolute atomic E-state index is 13.2. The number of benzene rings is 1. The molecule has 204 valence electrons. The smallest absolute Gasteiger partial charge is 0.303 e. The molecule has 8 heteroatoms. The van der Waals surface area contributed by atoms with Crippen LogP contribution >= 0.6 is 0 Å². The number of hydrogen-bond acceptors (Lipinski definition) is 7. The highest BCUT2D eigenvalue weighted by Crippen LogP contribution is 2.45. The third kappa shape index (κ3) is 6.93. The molecule has 1 aromatic carbocycles. The molecule has 1 saturated carbocycles. The molecule has 3 aromatic rings. The molecule has 2 fully saturated rings. The standard InChI is InChI=1S/C31H35N3O5/c1-38-25-7-8-26(29(35)17-24-4-2-3-12-32-24)28(18-25)34-14-10-21(11-15-34)20-39-30-16-23(9-13-33-30)27(19-31(36)37)22-5-6-22/h2-4,7-9,12-13,16,18,21-22,27H,5-6,10-11,14-15,17,19-20H2,1H3,(H,36,37). The molecule has 1 aliphatic heterocycles. The molecule has 39 heavy (non-hydrogen) atoms. The average Bonchev–Trinajstić information content (AvgIpc) is 3.81. The number of pyridine rings is 2. The Balaban J connectivity index is 1.20. The molecule has 1 unspecified atom stereocenters. The van der Waals surface area contributed by atoms with E-state index in [-0.39, 0.29) is 24.5 Å². The Morgan fingerprint density at radius 1 is 1.03 bits per heavy atom. The summed E-state index contributed by atoms with van der Waals surface area (Å²) in [7, 11) is 1.63. The number of hydrogen-bond donors (Lipinski definition) is 1. The number of ketones is 1. The van der Waals surface area contributed by atoms with Crippen molar-refractivity contribution in [2.45, 2.75) is 44.4 Å². The van der Waals surface area contributed by atoms with Crippen LogP contribution in [0.3, 0.4) is 0 Å². The summed E-state index contributed by atoms with van der Waals surface area (Å²) in [5.74, 6) is 1.38. The highest BCUT2D eigenvalue weighted by atomic mass is 16.5. The van der Waals surface area contributed by atoms with Crippen molar-refractivity contribution in [2.24, 2.45) is 11.8 Å². The molecule has 0 radical (unpaired) electrons. The van der Waals surface area contributed by atoms with Gasteiger partial charge in [-0.05, 0) is 79.3 Å². The van der Waals surface area contributed by atoms with Gasteiger partial charge in [-0.25, -0.2) is 4.98 Å². The number of aliphatic carboxylic acids is 1. The number of carboxylic acid groups (broad SMARTS) is 1. The molecule has 0 bridgehead atoms. The van der Waals surface area contributed by atoms with E-state index in [1.807, 2.05) is 48.5 Å². The molecule has 1 N–H and O–H groups in total. The minimum atomic E-state index is -0.768. The van der Waals surface area contributed by atoms with Gasteiger partial charge in [-0.3, -0.25) is 14.6 Å².